The number of hydrogen-bond acceptors (Lipinski definition) is 6. The van der Waals surface area contributed by atoms with Gasteiger partial charge in [-0.1, -0.05) is 6.08 Å². The molecule has 1 aromatic carbocycles. The van der Waals surface area contributed by atoms with E-state index in [0.717, 1.165) is 22.1 Å². The van der Waals surface area contributed by atoms with Gasteiger partial charge in [-0.25, -0.2) is 14.2 Å². The van der Waals surface area contributed by atoms with Crippen molar-refractivity contribution in [3.63, 3.8) is 0 Å². The number of cyclic esters (lactones) is 1. The summed E-state index contributed by atoms with van der Waals surface area (Å²) in [6.07, 6.45) is 2.04. The summed E-state index contributed by atoms with van der Waals surface area (Å²) in [5, 5.41) is 21.2. The maximum Gasteiger partial charge on any atom is 0.340 e. The average molecular weight is 462 g/mol. The second-order valence-electron chi connectivity index (χ2n) is 9.37. The molecule has 2 unspecified atom stereocenters. The molecule has 2 atom stereocenters. The van der Waals surface area contributed by atoms with Crippen LogP contribution in [0.3, 0.4) is 0 Å². The highest BCUT2D eigenvalue weighted by atomic mass is 19.1. The number of nitrogens with zero attached hydrogens (tertiary/aromatic N) is 2. The summed E-state index contributed by atoms with van der Waals surface area (Å²) in [7, 11) is 0. The lowest BCUT2D eigenvalue weighted by Crippen LogP contribution is -2.33. The standard InChI is InChI=1S/C26H23FN2O5/c1-3-26(6-7-30)5-4-13-12(2)17(27)9-18-20(13)21(26)15-10-29-19(22(15)28-18)8-14-16(24(29)32)11-34-25(33)23(14)31/h3,8-9,23,30-31H,1,4-7,10-11H2,2H3. The summed E-state index contributed by atoms with van der Waals surface area (Å²) in [4.78, 5) is 30.1. The molecule has 6 rings (SSSR count). The van der Waals surface area contributed by atoms with Gasteiger partial charge >= 0.3 is 5.97 Å². The van der Waals surface area contributed by atoms with Gasteiger partial charge in [-0.3, -0.25) is 4.79 Å². The van der Waals surface area contributed by atoms with Crippen LogP contribution in [0.4, 0.5) is 4.39 Å². The number of carbonyl (C=O) groups excluding carboxylic acids is 1. The lowest BCUT2D eigenvalue weighted by atomic mass is 9.66. The molecule has 0 radical (unpaired) electrons. The van der Waals surface area contributed by atoms with E-state index >= 15 is 0 Å². The second-order valence-corrected chi connectivity index (χ2v) is 9.37. The zero-order valence-electron chi connectivity index (χ0n) is 18.7. The lowest BCUT2D eigenvalue weighted by Gasteiger charge is -2.38. The van der Waals surface area contributed by atoms with Crippen molar-refractivity contribution in [2.45, 2.75) is 50.9 Å². The molecule has 7 nitrogen and oxygen atoms in total. The number of aryl methyl sites for hydroxylation is 1. The van der Waals surface area contributed by atoms with E-state index in [0.29, 0.717) is 41.7 Å². The third-order valence-corrected chi connectivity index (χ3v) is 7.84. The maximum absolute atomic E-state index is 14.9. The summed E-state index contributed by atoms with van der Waals surface area (Å²) in [5.41, 5.74) is 4.27. The predicted molar refractivity (Wildman–Crippen MR) is 122 cm³/mol. The van der Waals surface area contributed by atoms with Gasteiger partial charge in [0.1, 0.15) is 12.4 Å². The smallest absolute Gasteiger partial charge is 0.340 e. The van der Waals surface area contributed by atoms with Crippen LogP contribution in [0.2, 0.25) is 0 Å². The Morgan fingerprint density at radius 2 is 2.12 bits per heavy atom. The van der Waals surface area contributed by atoms with Gasteiger partial charge in [0, 0.05) is 34.6 Å². The Kier molecular flexibility index (Phi) is 4.41. The summed E-state index contributed by atoms with van der Waals surface area (Å²) < 4.78 is 21.4. The largest absolute Gasteiger partial charge is 0.458 e. The molecule has 174 valence electrons. The van der Waals surface area contributed by atoms with Gasteiger partial charge in [-0.15, -0.1) is 6.58 Å². The van der Waals surface area contributed by atoms with Crippen LogP contribution in [-0.2, 0) is 34.5 Å². The molecular weight excluding hydrogens is 439 g/mol. The molecule has 0 spiro atoms. The maximum atomic E-state index is 14.9. The minimum absolute atomic E-state index is 0.0487. The number of halogens is 1. The normalized spacial score (nSPS) is 22.2. The molecule has 0 fully saturated rings. The fourth-order valence-corrected chi connectivity index (χ4v) is 6.03. The Bertz CT molecular complexity index is 1510. The number of ether oxygens (including phenoxy) is 1. The average Bonchev–Trinajstić information content (AvgIpc) is 3.19. The molecule has 2 aromatic heterocycles. The molecule has 0 saturated carbocycles. The number of rotatable bonds is 3. The van der Waals surface area contributed by atoms with Gasteiger partial charge in [0.15, 0.2) is 6.10 Å². The number of aromatic nitrogens is 2. The minimum Gasteiger partial charge on any atom is -0.458 e. The number of pyridine rings is 2. The number of aliphatic hydroxyl groups excluding tert-OH is 2. The van der Waals surface area contributed by atoms with Crippen molar-refractivity contribution >= 4 is 16.9 Å². The van der Waals surface area contributed by atoms with Crippen molar-refractivity contribution in [3.8, 4) is 11.4 Å². The highest BCUT2D eigenvalue weighted by Crippen LogP contribution is 2.50. The summed E-state index contributed by atoms with van der Waals surface area (Å²) >= 11 is 0. The van der Waals surface area contributed by atoms with E-state index in [1.807, 2.05) is 6.08 Å². The van der Waals surface area contributed by atoms with E-state index in [2.05, 4.69) is 6.58 Å². The zero-order chi connectivity index (χ0) is 23.9. The SMILES string of the molecule is C=CC1(CCO)CCc2c(C)c(F)cc3nc4c(c1c23)Cn1c-4cc2c(c1=O)COC(=O)C2O. The molecule has 0 saturated heterocycles. The zero-order valence-corrected chi connectivity index (χ0v) is 18.7. The Morgan fingerprint density at radius 1 is 1.32 bits per heavy atom. The highest BCUT2D eigenvalue weighted by Gasteiger charge is 2.41. The van der Waals surface area contributed by atoms with Crippen molar-refractivity contribution in [2.75, 3.05) is 6.61 Å². The first kappa shape index (κ1) is 21.2. The number of carbonyl (C=O) groups is 1. The number of hydrogen-bond donors (Lipinski definition) is 2. The van der Waals surface area contributed by atoms with Gasteiger partial charge in [0.05, 0.1) is 29.0 Å². The number of allylic oxidation sites excluding steroid dienone is 1. The first-order chi connectivity index (χ1) is 16.3. The summed E-state index contributed by atoms with van der Waals surface area (Å²) in [6, 6.07) is 3.04. The Balaban J connectivity index is 1.73. The van der Waals surface area contributed by atoms with E-state index in [-0.39, 0.29) is 42.3 Å². The molecular formula is C26H23FN2O5. The van der Waals surface area contributed by atoms with Crippen molar-refractivity contribution in [1.29, 1.82) is 0 Å². The molecule has 34 heavy (non-hydrogen) atoms. The molecule has 0 amide bonds. The van der Waals surface area contributed by atoms with Crippen LogP contribution in [0.25, 0.3) is 22.3 Å². The topological polar surface area (TPSA) is 102 Å². The highest BCUT2D eigenvalue weighted by molar-refractivity contribution is 5.94. The van der Waals surface area contributed by atoms with Gasteiger partial charge in [0.25, 0.3) is 5.56 Å². The lowest BCUT2D eigenvalue weighted by molar-refractivity contribution is -0.157. The van der Waals surface area contributed by atoms with E-state index in [1.54, 1.807) is 17.6 Å². The summed E-state index contributed by atoms with van der Waals surface area (Å²) in [6.45, 7) is 5.85. The molecule has 4 heterocycles. The van der Waals surface area contributed by atoms with Gasteiger partial charge in [-0.05, 0) is 48.9 Å². The molecule has 2 aliphatic heterocycles. The molecule has 3 aromatic rings. The number of benzene rings is 1. The first-order valence-electron chi connectivity index (χ1n) is 11.3. The Morgan fingerprint density at radius 3 is 2.85 bits per heavy atom. The molecule has 8 heteroatoms. The van der Waals surface area contributed by atoms with E-state index < -0.39 is 17.5 Å². The quantitative estimate of drug-likeness (QED) is 0.359. The van der Waals surface area contributed by atoms with E-state index in [9.17, 15) is 24.2 Å². The van der Waals surface area contributed by atoms with E-state index in [4.69, 9.17) is 9.72 Å². The van der Waals surface area contributed by atoms with Gasteiger partial charge in [0.2, 0.25) is 0 Å². The fourth-order valence-electron chi connectivity index (χ4n) is 6.03. The van der Waals surface area contributed by atoms with Crippen LogP contribution in [0.1, 0.15) is 52.3 Å². The van der Waals surface area contributed by atoms with Gasteiger partial charge < -0.3 is 19.5 Å². The number of esters is 1. The molecule has 3 aliphatic rings. The fraction of sp³-hybridized carbons (Fsp3) is 0.346. The van der Waals surface area contributed by atoms with Crippen LogP contribution in [0.15, 0.2) is 29.6 Å². The number of aliphatic hydroxyl groups is 2. The van der Waals surface area contributed by atoms with Crippen molar-refractivity contribution in [2.24, 2.45) is 0 Å². The molecule has 2 N–H and O–H groups in total. The van der Waals surface area contributed by atoms with Crippen LogP contribution in [0, 0.1) is 12.7 Å². The van der Waals surface area contributed by atoms with Crippen molar-refractivity contribution in [1.82, 2.24) is 9.55 Å². The van der Waals surface area contributed by atoms with Crippen molar-refractivity contribution < 1.29 is 24.1 Å². The number of fused-ring (bicyclic) bond motifs is 5. The van der Waals surface area contributed by atoms with Crippen LogP contribution >= 0.6 is 0 Å². The minimum atomic E-state index is -1.54. The van der Waals surface area contributed by atoms with Crippen LogP contribution in [-0.4, -0.2) is 32.3 Å². The van der Waals surface area contributed by atoms with Crippen molar-refractivity contribution in [3.05, 3.63) is 74.3 Å². The van der Waals surface area contributed by atoms with Gasteiger partial charge in [-0.2, -0.15) is 0 Å². The summed E-state index contributed by atoms with van der Waals surface area (Å²) in [5.74, 6) is -1.14. The Hall–Kier alpha value is -3.36. The first-order valence-corrected chi connectivity index (χ1v) is 11.3. The van der Waals surface area contributed by atoms with Crippen LogP contribution < -0.4 is 5.56 Å². The monoisotopic (exact) mass is 462 g/mol. The Labute approximate surface area is 194 Å². The third-order valence-electron chi connectivity index (χ3n) is 7.84. The van der Waals surface area contributed by atoms with E-state index in [1.165, 1.54) is 6.07 Å². The molecule has 0 bridgehead atoms. The second kappa shape index (κ2) is 7.07. The predicted octanol–water partition coefficient (Wildman–Crippen LogP) is 2.72. The molecule has 1 aliphatic carbocycles. The third kappa shape index (κ3) is 2.55. The van der Waals surface area contributed by atoms with Crippen LogP contribution in [0.5, 0.6) is 0 Å².